The molecular weight excluding hydrogens is 355 g/mol. The minimum atomic E-state index is -4.86. The van der Waals surface area contributed by atoms with Crippen molar-refractivity contribution in [3.05, 3.63) is 64.7 Å². The Morgan fingerprint density at radius 3 is 2.54 bits per heavy atom. The number of benzene rings is 2. The zero-order valence-electron chi connectivity index (χ0n) is 13.7. The summed E-state index contributed by atoms with van der Waals surface area (Å²) in [7, 11) is 0. The molecule has 1 heterocycles. The first-order valence-electron chi connectivity index (χ1n) is 7.87. The van der Waals surface area contributed by atoms with Crippen LogP contribution in [0.25, 0.3) is 0 Å². The first-order chi connectivity index (χ1) is 12.1. The highest BCUT2D eigenvalue weighted by atomic mass is 19.4. The van der Waals surface area contributed by atoms with Crippen LogP contribution in [0.1, 0.15) is 23.6 Å². The zero-order chi connectivity index (χ0) is 19.1. The molecule has 0 spiro atoms. The van der Waals surface area contributed by atoms with Gasteiger partial charge in [-0.15, -0.1) is 0 Å². The second-order valence-corrected chi connectivity index (χ2v) is 6.22. The number of urea groups is 1. The van der Waals surface area contributed by atoms with E-state index < -0.39 is 29.4 Å². The van der Waals surface area contributed by atoms with E-state index >= 15 is 0 Å². The van der Waals surface area contributed by atoms with Gasteiger partial charge in [0.15, 0.2) is 0 Å². The molecule has 0 aliphatic carbocycles. The van der Waals surface area contributed by atoms with Crippen LogP contribution in [0, 0.1) is 11.6 Å². The van der Waals surface area contributed by atoms with Gasteiger partial charge in [-0.25, -0.2) is 13.6 Å². The third-order valence-corrected chi connectivity index (χ3v) is 4.34. The lowest BCUT2D eigenvalue weighted by atomic mass is 9.95. The van der Waals surface area contributed by atoms with Crippen molar-refractivity contribution in [3.8, 4) is 0 Å². The van der Waals surface area contributed by atoms with Crippen LogP contribution in [-0.4, -0.2) is 17.0 Å². The maximum Gasteiger partial charge on any atom is 0.419 e. The van der Waals surface area contributed by atoms with E-state index in [1.807, 2.05) is 0 Å². The van der Waals surface area contributed by atoms with Gasteiger partial charge in [0.1, 0.15) is 11.6 Å². The first-order valence-corrected chi connectivity index (χ1v) is 7.87. The van der Waals surface area contributed by atoms with Gasteiger partial charge in [0.2, 0.25) is 0 Å². The lowest BCUT2D eigenvalue weighted by molar-refractivity contribution is -0.139. The van der Waals surface area contributed by atoms with E-state index in [9.17, 15) is 26.7 Å². The Hall–Kier alpha value is -2.64. The molecule has 0 saturated carbocycles. The summed E-state index contributed by atoms with van der Waals surface area (Å²) in [6, 6.07) is 5.75. The van der Waals surface area contributed by atoms with Gasteiger partial charge in [-0.3, -0.25) is 0 Å². The summed E-state index contributed by atoms with van der Waals surface area (Å²) in [5.41, 5.74) is -0.0483. The zero-order valence-corrected chi connectivity index (χ0v) is 13.7. The molecule has 2 aromatic carbocycles. The van der Waals surface area contributed by atoms with E-state index in [1.54, 1.807) is 13.0 Å². The van der Waals surface area contributed by atoms with Crippen LogP contribution in [-0.2, 0) is 19.1 Å². The Morgan fingerprint density at radius 2 is 1.85 bits per heavy atom. The molecule has 2 amide bonds. The summed E-state index contributed by atoms with van der Waals surface area (Å²) in [5.74, 6) is -1.83. The summed E-state index contributed by atoms with van der Waals surface area (Å²) in [6.07, 6.45) is -4.36. The second-order valence-electron chi connectivity index (χ2n) is 6.22. The third-order valence-electron chi connectivity index (χ3n) is 4.34. The van der Waals surface area contributed by atoms with Gasteiger partial charge < -0.3 is 10.2 Å². The molecule has 0 fully saturated rings. The highest BCUT2D eigenvalue weighted by Crippen LogP contribution is 2.33. The molecule has 1 N–H and O–H groups in total. The lowest BCUT2D eigenvalue weighted by Gasteiger charge is -2.35. The quantitative estimate of drug-likeness (QED) is 0.707. The topological polar surface area (TPSA) is 32.3 Å². The van der Waals surface area contributed by atoms with E-state index in [0.29, 0.717) is 24.1 Å². The second kappa shape index (κ2) is 6.59. The first kappa shape index (κ1) is 18.2. The highest BCUT2D eigenvalue weighted by molar-refractivity contribution is 5.89. The van der Waals surface area contributed by atoms with Gasteiger partial charge in [0, 0.05) is 18.3 Å². The minimum Gasteiger partial charge on any atom is -0.317 e. The summed E-state index contributed by atoms with van der Waals surface area (Å²) in [6.45, 7) is 1.92. The van der Waals surface area contributed by atoms with Gasteiger partial charge in [0.25, 0.3) is 0 Å². The molecule has 0 saturated heterocycles. The molecule has 2 aromatic rings. The van der Waals surface area contributed by atoms with E-state index in [4.69, 9.17) is 0 Å². The number of nitrogens with zero attached hydrogens (tertiary/aromatic N) is 1. The van der Waals surface area contributed by atoms with E-state index in [2.05, 4.69) is 5.32 Å². The van der Waals surface area contributed by atoms with Crippen molar-refractivity contribution >= 4 is 11.7 Å². The Labute approximate surface area is 146 Å². The average Bonchev–Trinajstić information content (AvgIpc) is 2.55. The van der Waals surface area contributed by atoms with Crippen LogP contribution < -0.4 is 5.32 Å². The van der Waals surface area contributed by atoms with Crippen LogP contribution in [0.5, 0.6) is 0 Å². The molecule has 0 aromatic heterocycles. The molecule has 3 nitrogen and oxygen atoms in total. The number of hydrogen-bond donors (Lipinski definition) is 1. The number of fused-ring (bicyclic) bond motifs is 1. The molecule has 26 heavy (non-hydrogen) atoms. The van der Waals surface area contributed by atoms with Crippen molar-refractivity contribution in [1.29, 1.82) is 0 Å². The van der Waals surface area contributed by atoms with E-state index in [1.165, 1.54) is 17.0 Å². The van der Waals surface area contributed by atoms with Crippen molar-refractivity contribution in [3.63, 3.8) is 0 Å². The van der Waals surface area contributed by atoms with Crippen molar-refractivity contribution in [2.24, 2.45) is 0 Å². The average molecular weight is 370 g/mol. The Kier molecular flexibility index (Phi) is 4.60. The predicted octanol–water partition coefficient (Wildman–Crippen LogP) is 4.96. The Bertz CT molecular complexity index is 850. The molecule has 3 rings (SSSR count). The molecule has 0 bridgehead atoms. The van der Waals surface area contributed by atoms with Crippen LogP contribution in [0.4, 0.5) is 32.4 Å². The van der Waals surface area contributed by atoms with E-state index in [-0.39, 0.29) is 18.3 Å². The lowest BCUT2D eigenvalue weighted by Crippen LogP contribution is -2.44. The molecule has 8 heteroatoms. The molecule has 0 radical (unpaired) electrons. The molecule has 1 aliphatic rings. The van der Waals surface area contributed by atoms with Crippen LogP contribution in [0.3, 0.4) is 0 Å². The minimum absolute atomic E-state index is 0.132. The maximum absolute atomic E-state index is 13.4. The fourth-order valence-corrected chi connectivity index (χ4v) is 3.00. The predicted molar refractivity (Wildman–Crippen MR) is 85.5 cm³/mol. The van der Waals surface area contributed by atoms with Crippen molar-refractivity contribution in [2.75, 3.05) is 5.32 Å². The van der Waals surface area contributed by atoms with Gasteiger partial charge in [0.05, 0.1) is 5.56 Å². The highest BCUT2D eigenvalue weighted by Gasteiger charge is 2.34. The van der Waals surface area contributed by atoms with Gasteiger partial charge in [-0.2, -0.15) is 13.2 Å². The van der Waals surface area contributed by atoms with Crippen LogP contribution in [0.15, 0.2) is 36.4 Å². The van der Waals surface area contributed by atoms with Crippen molar-refractivity contribution in [2.45, 2.75) is 32.1 Å². The fraction of sp³-hybridized carbons (Fsp3) is 0.278. The summed E-state index contributed by atoms with van der Waals surface area (Å²) >= 11 is 0. The molecule has 1 aliphatic heterocycles. The summed E-state index contributed by atoms with van der Waals surface area (Å²) in [4.78, 5) is 13.9. The number of anilines is 1. The van der Waals surface area contributed by atoms with Gasteiger partial charge >= 0.3 is 12.2 Å². The Balaban J connectivity index is 1.80. The Morgan fingerprint density at radius 1 is 1.12 bits per heavy atom. The number of halogens is 5. The fourth-order valence-electron chi connectivity index (χ4n) is 3.00. The van der Waals surface area contributed by atoms with Crippen molar-refractivity contribution < 1.29 is 26.7 Å². The SMILES string of the molecule is C[C@H]1Cc2ccc(F)cc2CN1C(=O)Nc1ccc(F)c(C(F)(F)F)c1. The number of amides is 2. The van der Waals surface area contributed by atoms with Crippen LogP contribution in [0.2, 0.25) is 0 Å². The number of rotatable bonds is 1. The molecular formula is C18H15F5N2O. The van der Waals surface area contributed by atoms with E-state index in [0.717, 1.165) is 11.6 Å². The normalized spacial score (nSPS) is 17.0. The van der Waals surface area contributed by atoms with Gasteiger partial charge in [-0.05, 0) is 54.8 Å². The number of carbonyl (C=O) groups excluding carboxylic acids is 1. The summed E-state index contributed by atoms with van der Waals surface area (Å²) in [5, 5.41) is 2.35. The van der Waals surface area contributed by atoms with Gasteiger partial charge in [-0.1, -0.05) is 6.07 Å². The molecule has 0 unspecified atom stereocenters. The maximum atomic E-state index is 13.4. The molecule has 138 valence electrons. The van der Waals surface area contributed by atoms with Crippen molar-refractivity contribution in [1.82, 2.24) is 4.90 Å². The monoisotopic (exact) mass is 370 g/mol. The number of hydrogen-bond acceptors (Lipinski definition) is 1. The third kappa shape index (κ3) is 3.63. The summed E-state index contributed by atoms with van der Waals surface area (Å²) < 4.78 is 65.1. The number of carbonyl (C=O) groups is 1. The van der Waals surface area contributed by atoms with Crippen LogP contribution >= 0.6 is 0 Å². The smallest absolute Gasteiger partial charge is 0.317 e. The number of nitrogens with one attached hydrogen (secondary N) is 1. The largest absolute Gasteiger partial charge is 0.419 e. The molecule has 1 atom stereocenters. The number of alkyl halides is 3. The standard InChI is InChI=1S/C18H15F5N2O/c1-10-6-11-2-3-13(19)7-12(11)9-25(10)17(26)24-14-4-5-16(20)15(8-14)18(21,22)23/h2-5,7-8,10H,6,9H2,1H3,(H,24,26)/t10-/m0/s1.